The van der Waals surface area contributed by atoms with Crippen LogP contribution in [0.2, 0.25) is 5.15 Å². The van der Waals surface area contributed by atoms with E-state index in [-0.39, 0.29) is 0 Å². The zero-order chi connectivity index (χ0) is 8.72. The molecule has 0 amide bonds. The van der Waals surface area contributed by atoms with Gasteiger partial charge in [0.1, 0.15) is 9.76 Å². The third-order valence-electron chi connectivity index (χ3n) is 1.66. The number of hydrogen-bond donors (Lipinski definition) is 0. The van der Waals surface area contributed by atoms with Gasteiger partial charge in [0.05, 0.1) is 11.7 Å². The molecule has 0 saturated heterocycles. The zero-order valence-electron chi connectivity index (χ0n) is 6.25. The number of nitrogens with zero attached hydrogens (tertiary/aromatic N) is 3. The van der Waals surface area contributed by atoms with Crippen molar-refractivity contribution >= 4 is 38.4 Å². The average Bonchev–Trinajstić information content (AvgIpc) is 2.28. The summed E-state index contributed by atoms with van der Waals surface area (Å²) in [4.78, 5) is 3.97. The van der Waals surface area contributed by atoms with Crippen molar-refractivity contribution in [3.8, 4) is 0 Å². The summed E-state index contributed by atoms with van der Waals surface area (Å²) in [7, 11) is 1.86. The number of aryl methyl sites for hydroxylation is 1. The van der Waals surface area contributed by atoms with Gasteiger partial charge in [-0.25, -0.2) is 4.98 Å². The largest absolute Gasteiger partial charge is 0.265 e. The van der Waals surface area contributed by atoms with Crippen LogP contribution in [0.3, 0.4) is 0 Å². The minimum absolute atomic E-state index is 0.483. The molecule has 2 heterocycles. The van der Waals surface area contributed by atoms with Gasteiger partial charge in [-0.05, 0) is 22.0 Å². The molecule has 0 aromatic carbocycles. The topological polar surface area (TPSA) is 30.7 Å². The first kappa shape index (κ1) is 8.01. The van der Waals surface area contributed by atoms with Crippen molar-refractivity contribution in [3.05, 3.63) is 22.0 Å². The summed E-state index contributed by atoms with van der Waals surface area (Å²) >= 11 is 9.06. The molecule has 62 valence electrons. The van der Waals surface area contributed by atoms with E-state index in [1.807, 2.05) is 7.05 Å². The van der Waals surface area contributed by atoms with Crippen LogP contribution in [-0.2, 0) is 7.05 Å². The van der Waals surface area contributed by atoms with Gasteiger partial charge in [-0.2, -0.15) is 5.10 Å². The Bertz CT molecular complexity index is 437. The van der Waals surface area contributed by atoms with E-state index < -0.39 is 0 Å². The van der Waals surface area contributed by atoms with Gasteiger partial charge in [0, 0.05) is 12.4 Å². The lowest BCUT2D eigenvalue weighted by Crippen LogP contribution is -1.89. The van der Waals surface area contributed by atoms with Crippen molar-refractivity contribution in [1.29, 1.82) is 0 Å². The molecule has 0 bridgehead atoms. The molecule has 0 aliphatic rings. The van der Waals surface area contributed by atoms with E-state index in [1.54, 1.807) is 16.9 Å². The van der Waals surface area contributed by atoms with E-state index in [0.29, 0.717) is 5.15 Å². The highest BCUT2D eigenvalue weighted by Crippen LogP contribution is 2.23. The first-order valence-electron chi connectivity index (χ1n) is 3.32. The van der Waals surface area contributed by atoms with Crippen molar-refractivity contribution in [2.75, 3.05) is 0 Å². The van der Waals surface area contributed by atoms with E-state index in [2.05, 4.69) is 26.0 Å². The Morgan fingerprint density at radius 2 is 2.33 bits per heavy atom. The molecule has 0 atom stereocenters. The third kappa shape index (κ3) is 1.11. The normalized spacial score (nSPS) is 10.9. The first-order chi connectivity index (χ1) is 5.68. The average molecular weight is 246 g/mol. The van der Waals surface area contributed by atoms with Crippen LogP contribution in [0.4, 0.5) is 0 Å². The molecule has 0 N–H and O–H groups in total. The van der Waals surface area contributed by atoms with Crippen molar-refractivity contribution < 1.29 is 0 Å². The van der Waals surface area contributed by atoms with Crippen molar-refractivity contribution in [2.45, 2.75) is 0 Å². The van der Waals surface area contributed by atoms with Crippen molar-refractivity contribution in [2.24, 2.45) is 7.05 Å². The maximum Gasteiger partial charge on any atom is 0.136 e. The molecular weight excluding hydrogens is 241 g/mol. The van der Waals surface area contributed by atoms with Gasteiger partial charge in [-0.1, -0.05) is 11.6 Å². The molecule has 5 heteroatoms. The van der Waals surface area contributed by atoms with Crippen LogP contribution in [0.1, 0.15) is 0 Å². The Morgan fingerprint density at radius 1 is 1.58 bits per heavy atom. The summed E-state index contributed by atoms with van der Waals surface area (Å²) < 4.78 is 2.55. The minimum atomic E-state index is 0.483. The van der Waals surface area contributed by atoms with Gasteiger partial charge in [0.25, 0.3) is 0 Å². The second-order valence-corrected chi connectivity index (χ2v) is 3.58. The highest BCUT2D eigenvalue weighted by molar-refractivity contribution is 9.10. The van der Waals surface area contributed by atoms with E-state index in [0.717, 1.165) is 15.5 Å². The Kier molecular flexibility index (Phi) is 1.81. The lowest BCUT2D eigenvalue weighted by Gasteiger charge is -1.92. The molecule has 2 aromatic heterocycles. The maximum atomic E-state index is 5.73. The number of halogens is 2. The summed E-state index contributed by atoms with van der Waals surface area (Å²) in [5.41, 5.74) is 0.964. The highest BCUT2D eigenvalue weighted by atomic mass is 79.9. The molecule has 12 heavy (non-hydrogen) atoms. The Labute approximate surface area is 82.5 Å². The summed E-state index contributed by atoms with van der Waals surface area (Å²) in [5.74, 6) is 0. The molecule has 3 nitrogen and oxygen atoms in total. The standard InChI is InChI=1S/C7H5BrClN3/c1-12-5-3-10-6(9)2-4(5)7(8)11-12/h2-3H,1H3. The smallest absolute Gasteiger partial charge is 0.136 e. The predicted octanol–water partition coefficient (Wildman–Crippen LogP) is 2.38. The Balaban J connectivity index is 2.90. The van der Waals surface area contributed by atoms with Crippen LogP contribution in [0.25, 0.3) is 10.9 Å². The molecule has 0 spiro atoms. The molecular formula is C7H5BrClN3. The lowest BCUT2D eigenvalue weighted by atomic mass is 10.3. The number of hydrogen-bond acceptors (Lipinski definition) is 2. The maximum absolute atomic E-state index is 5.73. The molecule has 0 radical (unpaired) electrons. The van der Waals surface area contributed by atoms with Gasteiger partial charge >= 0.3 is 0 Å². The fourth-order valence-electron chi connectivity index (χ4n) is 1.09. The van der Waals surface area contributed by atoms with Gasteiger partial charge in [0.2, 0.25) is 0 Å². The lowest BCUT2D eigenvalue weighted by molar-refractivity contribution is 0.787. The predicted molar refractivity (Wildman–Crippen MR) is 51.2 cm³/mol. The van der Waals surface area contributed by atoms with E-state index in [1.165, 1.54) is 0 Å². The molecule has 0 aliphatic carbocycles. The van der Waals surface area contributed by atoms with Gasteiger partial charge in [-0.3, -0.25) is 4.68 Å². The minimum Gasteiger partial charge on any atom is -0.265 e. The van der Waals surface area contributed by atoms with Crippen LogP contribution >= 0.6 is 27.5 Å². The van der Waals surface area contributed by atoms with Crippen molar-refractivity contribution in [1.82, 2.24) is 14.8 Å². The zero-order valence-corrected chi connectivity index (χ0v) is 8.59. The number of rotatable bonds is 0. The summed E-state index contributed by atoms with van der Waals surface area (Å²) in [6, 6.07) is 1.79. The monoisotopic (exact) mass is 245 g/mol. The number of fused-ring (bicyclic) bond motifs is 1. The molecule has 0 fully saturated rings. The van der Waals surface area contributed by atoms with Gasteiger partial charge < -0.3 is 0 Å². The highest BCUT2D eigenvalue weighted by Gasteiger charge is 2.05. The molecule has 0 aliphatic heterocycles. The van der Waals surface area contributed by atoms with Crippen LogP contribution in [0, 0.1) is 0 Å². The fourth-order valence-corrected chi connectivity index (χ4v) is 1.80. The third-order valence-corrected chi connectivity index (χ3v) is 2.45. The van der Waals surface area contributed by atoms with Gasteiger partial charge in [-0.15, -0.1) is 0 Å². The summed E-state index contributed by atoms with van der Waals surface area (Å²) in [6.45, 7) is 0. The summed E-state index contributed by atoms with van der Waals surface area (Å²) in [5, 5.41) is 5.63. The van der Waals surface area contributed by atoms with E-state index in [9.17, 15) is 0 Å². The Morgan fingerprint density at radius 3 is 3.08 bits per heavy atom. The fraction of sp³-hybridized carbons (Fsp3) is 0.143. The summed E-state index contributed by atoms with van der Waals surface area (Å²) in [6.07, 6.45) is 1.70. The number of aromatic nitrogens is 3. The van der Waals surface area contributed by atoms with E-state index >= 15 is 0 Å². The van der Waals surface area contributed by atoms with Crippen LogP contribution in [-0.4, -0.2) is 14.8 Å². The molecule has 2 aromatic rings. The quantitative estimate of drug-likeness (QED) is 0.668. The van der Waals surface area contributed by atoms with Crippen LogP contribution < -0.4 is 0 Å². The van der Waals surface area contributed by atoms with Crippen LogP contribution in [0.5, 0.6) is 0 Å². The van der Waals surface area contributed by atoms with E-state index in [4.69, 9.17) is 11.6 Å². The van der Waals surface area contributed by atoms with Crippen LogP contribution in [0.15, 0.2) is 16.9 Å². The molecule has 0 saturated carbocycles. The Hall–Kier alpha value is -0.610. The second kappa shape index (κ2) is 2.71. The van der Waals surface area contributed by atoms with Crippen molar-refractivity contribution in [3.63, 3.8) is 0 Å². The first-order valence-corrected chi connectivity index (χ1v) is 4.49. The van der Waals surface area contributed by atoms with Gasteiger partial charge in [0.15, 0.2) is 0 Å². The second-order valence-electron chi connectivity index (χ2n) is 2.44. The SMILES string of the molecule is Cn1nc(Br)c2cc(Cl)ncc21. The molecule has 2 rings (SSSR count). The number of pyridine rings is 1. The molecule has 0 unspecified atom stereocenters.